The number of nitrogens with one attached hydrogen (secondary N) is 2. The van der Waals surface area contributed by atoms with Gasteiger partial charge in [-0.2, -0.15) is 0 Å². The second-order valence-corrected chi connectivity index (χ2v) is 7.08. The second-order valence-electron chi connectivity index (χ2n) is 7.08. The van der Waals surface area contributed by atoms with Crippen LogP contribution in [0.5, 0.6) is 0 Å². The number of nitrogens with zero attached hydrogens (tertiary/aromatic N) is 2. The van der Waals surface area contributed by atoms with E-state index < -0.39 is 0 Å². The van der Waals surface area contributed by atoms with Gasteiger partial charge >= 0.3 is 0 Å². The molecule has 1 saturated carbocycles. The molecule has 1 aliphatic carbocycles. The Morgan fingerprint density at radius 1 is 1.00 bits per heavy atom. The maximum Gasteiger partial charge on any atom is 0.270 e. The van der Waals surface area contributed by atoms with Gasteiger partial charge in [0.15, 0.2) is 0 Å². The maximum atomic E-state index is 12.3. The zero-order valence-electron chi connectivity index (χ0n) is 16.4. The van der Waals surface area contributed by atoms with Crippen LogP contribution < -0.4 is 15.5 Å². The van der Waals surface area contributed by atoms with Gasteiger partial charge in [-0.3, -0.25) is 4.79 Å². The first-order chi connectivity index (χ1) is 13.2. The van der Waals surface area contributed by atoms with Gasteiger partial charge < -0.3 is 15.5 Å². The number of anilines is 3. The Morgan fingerprint density at radius 3 is 2.26 bits per heavy atom. The molecule has 0 radical (unpaired) electrons. The summed E-state index contributed by atoms with van der Waals surface area (Å²) in [6.07, 6.45) is 7.56. The highest BCUT2D eigenvalue weighted by Gasteiger charge is 2.17. The van der Waals surface area contributed by atoms with Crippen molar-refractivity contribution < 1.29 is 4.79 Å². The Labute approximate surface area is 162 Å². The van der Waals surface area contributed by atoms with Crippen LogP contribution >= 0.6 is 0 Å². The highest BCUT2D eigenvalue weighted by atomic mass is 16.1. The van der Waals surface area contributed by atoms with Crippen molar-refractivity contribution in [1.29, 1.82) is 0 Å². The molecular formula is C22H30N4O. The highest BCUT2D eigenvalue weighted by molar-refractivity contribution is 5.92. The van der Waals surface area contributed by atoms with Crippen LogP contribution in [0.15, 0.2) is 42.6 Å². The van der Waals surface area contributed by atoms with Gasteiger partial charge in [-0.25, -0.2) is 4.98 Å². The van der Waals surface area contributed by atoms with Crippen molar-refractivity contribution in [3.05, 3.63) is 48.3 Å². The second kappa shape index (κ2) is 9.40. The van der Waals surface area contributed by atoms with E-state index in [1.807, 2.05) is 6.07 Å². The van der Waals surface area contributed by atoms with E-state index in [-0.39, 0.29) is 5.91 Å². The van der Waals surface area contributed by atoms with Gasteiger partial charge in [-0.05, 0) is 63.1 Å². The molecule has 0 unspecified atom stereocenters. The average Bonchev–Trinajstić information content (AvgIpc) is 2.71. The Bertz CT molecular complexity index is 717. The number of pyridine rings is 1. The van der Waals surface area contributed by atoms with Crippen molar-refractivity contribution >= 4 is 23.0 Å². The number of hydrogen-bond donors (Lipinski definition) is 2. The van der Waals surface area contributed by atoms with Gasteiger partial charge in [0.05, 0.1) is 11.9 Å². The van der Waals surface area contributed by atoms with Gasteiger partial charge in [0.2, 0.25) is 0 Å². The Hall–Kier alpha value is -2.56. The standard InChI is InChI=1S/C22H30N4O/c1-3-26(4-2)20-13-10-18(11-14-20)24-19-12-15-21(23-16-19)22(27)25-17-8-6-5-7-9-17/h10-17,24H,3-9H2,1-2H3,(H,25,27). The lowest BCUT2D eigenvalue weighted by Crippen LogP contribution is -2.36. The van der Waals surface area contributed by atoms with Gasteiger partial charge in [0.1, 0.15) is 5.69 Å². The molecule has 0 atom stereocenters. The van der Waals surface area contributed by atoms with Crippen LogP contribution in [0.1, 0.15) is 56.4 Å². The molecule has 2 N–H and O–H groups in total. The average molecular weight is 367 g/mol. The first-order valence-electron chi connectivity index (χ1n) is 10.1. The summed E-state index contributed by atoms with van der Waals surface area (Å²) in [6.45, 7) is 6.32. The molecular weight excluding hydrogens is 336 g/mol. The van der Waals surface area contributed by atoms with Crippen LogP contribution in [0, 0.1) is 0 Å². The quantitative estimate of drug-likeness (QED) is 0.743. The molecule has 3 rings (SSSR count). The fraction of sp³-hybridized carbons (Fsp3) is 0.455. The first kappa shape index (κ1) is 19.2. The minimum atomic E-state index is -0.0722. The van der Waals surface area contributed by atoms with Crippen molar-refractivity contribution in [2.24, 2.45) is 0 Å². The minimum absolute atomic E-state index is 0.0722. The van der Waals surface area contributed by atoms with E-state index in [1.54, 1.807) is 12.3 Å². The van der Waals surface area contributed by atoms with Crippen LogP contribution in [0.2, 0.25) is 0 Å². The smallest absolute Gasteiger partial charge is 0.270 e. The fourth-order valence-corrected chi connectivity index (χ4v) is 3.62. The van der Waals surface area contributed by atoms with E-state index in [0.29, 0.717) is 11.7 Å². The van der Waals surface area contributed by atoms with E-state index in [4.69, 9.17) is 0 Å². The van der Waals surface area contributed by atoms with Gasteiger partial charge in [0, 0.05) is 30.5 Å². The normalized spacial score (nSPS) is 14.6. The van der Waals surface area contributed by atoms with Crippen LogP contribution in [-0.4, -0.2) is 30.0 Å². The van der Waals surface area contributed by atoms with Crippen LogP contribution in [0.3, 0.4) is 0 Å². The molecule has 2 aromatic rings. The zero-order chi connectivity index (χ0) is 19.1. The van der Waals surface area contributed by atoms with Gasteiger partial charge in [-0.1, -0.05) is 19.3 Å². The van der Waals surface area contributed by atoms with Crippen LogP contribution in [0.4, 0.5) is 17.1 Å². The summed E-state index contributed by atoms with van der Waals surface area (Å²) in [4.78, 5) is 19.0. The largest absolute Gasteiger partial charge is 0.372 e. The maximum absolute atomic E-state index is 12.3. The molecule has 5 heteroatoms. The molecule has 1 aliphatic rings. The molecule has 144 valence electrons. The Morgan fingerprint density at radius 2 is 1.67 bits per heavy atom. The third kappa shape index (κ3) is 5.22. The van der Waals surface area contributed by atoms with Crippen molar-refractivity contribution in [3.63, 3.8) is 0 Å². The predicted octanol–water partition coefficient (Wildman–Crippen LogP) is 4.73. The minimum Gasteiger partial charge on any atom is -0.372 e. The monoisotopic (exact) mass is 366 g/mol. The summed E-state index contributed by atoms with van der Waals surface area (Å²) in [7, 11) is 0. The molecule has 5 nitrogen and oxygen atoms in total. The van der Waals surface area contributed by atoms with E-state index in [2.05, 4.69) is 58.6 Å². The van der Waals surface area contributed by atoms with Crippen molar-refractivity contribution in [2.75, 3.05) is 23.3 Å². The lowest BCUT2D eigenvalue weighted by Gasteiger charge is -2.22. The summed E-state index contributed by atoms with van der Waals surface area (Å²) >= 11 is 0. The molecule has 27 heavy (non-hydrogen) atoms. The Balaban J connectivity index is 1.57. The fourth-order valence-electron chi connectivity index (χ4n) is 3.62. The molecule has 0 bridgehead atoms. The summed E-state index contributed by atoms with van der Waals surface area (Å²) in [5.74, 6) is -0.0722. The Kier molecular flexibility index (Phi) is 6.69. The summed E-state index contributed by atoms with van der Waals surface area (Å²) < 4.78 is 0. The number of rotatable bonds is 7. The first-order valence-corrected chi connectivity index (χ1v) is 10.1. The predicted molar refractivity (Wildman–Crippen MR) is 112 cm³/mol. The summed E-state index contributed by atoms with van der Waals surface area (Å²) in [5, 5.41) is 6.45. The number of amides is 1. The molecule has 1 amide bonds. The summed E-state index contributed by atoms with van der Waals surface area (Å²) in [6, 6.07) is 12.4. The third-order valence-corrected chi connectivity index (χ3v) is 5.22. The molecule has 1 aromatic carbocycles. The van der Waals surface area contributed by atoms with Crippen LogP contribution in [-0.2, 0) is 0 Å². The van der Waals surface area contributed by atoms with E-state index >= 15 is 0 Å². The number of aromatic nitrogens is 1. The van der Waals surface area contributed by atoms with Crippen LogP contribution in [0.25, 0.3) is 0 Å². The van der Waals surface area contributed by atoms with Crippen molar-refractivity contribution in [2.45, 2.75) is 52.0 Å². The summed E-state index contributed by atoms with van der Waals surface area (Å²) in [5.41, 5.74) is 3.58. The molecule has 1 fully saturated rings. The molecule has 1 heterocycles. The molecule has 0 aliphatic heterocycles. The van der Waals surface area contributed by atoms with Gasteiger partial charge in [-0.15, -0.1) is 0 Å². The number of carbonyl (C=O) groups excluding carboxylic acids is 1. The number of hydrogen-bond acceptors (Lipinski definition) is 4. The van der Waals surface area contributed by atoms with E-state index in [0.717, 1.165) is 37.3 Å². The number of carbonyl (C=O) groups is 1. The number of benzene rings is 1. The molecule has 0 saturated heterocycles. The zero-order valence-corrected chi connectivity index (χ0v) is 16.4. The van der Waals surface area contributed by atoms with E-state index in [9.17, 15) is 4.79 Å². The highest BCUT2D eigenvalue weighted by Crippen LogP contribution is 2.21. The van der Waals surface area contributed by atoms with Crippen molar-refractivity contribution in [3.8, 4) is 0 Å². The van der Waals surface area contributed by atoms with Crippen molar-refractivity contribution in [1.82, 2.24) is 10.3 Å². The topological polar surface area (TPSA) is 57.3 Å². The third-order valence-electron chi connectivity index (χ3n) is 5.22. The lowest BCUT2D eigenvalue weighted by molar-refractivity contribution is 0.0922. The lowest BCUT2D eigenvalue weighted by atomic mass is 9.95. The molecule has 1 aromatic heterocycles. The SMILES string of the molecule is CCN(CC)c1ccc(Nc2ccc(C(=O)NC3CCCCC3)nc2)cc1. The van der Waals surface area contributed by atoms with E-state index in [1.165, 1.54) is 24.9 Å². The van der Waals surface area contributed by atoms with Gasteiger partial charge in [0.25, 0.3) is 5.91 Å². The molecule has 0 spiro atoms.